The molecule has 0 saturated carbocycles. The van der Waals surface area contributed by atoms with Gasteiger partial charge in [0.15, 0.2) is 5.65 Å². The summed E-state index contributed by atoms with van der Waals surface area (Å²) in [7, 11) is 0. The number of hydrogen-bond acceptors (Lipinski definition) is 6. The molecular weight excluding hydrogens is 430 g/mol. The summed E-state index contributed by atoms with van der Waals surface area (Å²) in [5, 5.41) is 30.8. The Kier molecular flexibility index (Phi) is 6.07. The van der Waals surface area contributed by atoms with E-state index in [4.69, 9.17) is 4.98 Å². The van der Waals surface area contributed by atoms with Gasteiger partial charge in [0.25, 0.3) is 5.91 Å². The second kappa shape index (κ2) is 9.46. The third-order valence-corrected chi connectivity index (χ3v) is 6.01. The number of pyridine rings is 1. The number of hydrogen-bond donors (Lipinski definition) is 4. The molecule has 5 rings (SSSR count). The van der Waals surface area contributed by atoms with Gasteiger partial charge in [-0.05, 0) is 42.0 Å². The Morgan fingerprint density at radius 1 is 1.12 bits per heavy atom. The molecule has 8 nitrogen and oxygen atoms in total. The summed E-state index contributed by atoms with van der Waals surface area (Å²) >= 11 is 0. The lowest BCUT2D eigenvalue weighted by molar-refractivity contribution is 0.0538. The first-order valence-corrected chi connectivity index (χ1v) is 11.2. The number of rotatable bonds is 5. The first-order valence-electron chi connectivity index (χ1n) is 11.2. The minimum Gasteiger partial charge on any atom is -0.508 e. The molecule has 1 saturated heterocycles. The minimum atomic E-state index is -0.309. The van der Waals surface area contributed by atoms with Crippen LogP contribution in [0.25, 0.3) is 34.4 Å². The summed E-state index contributed by atoms with van der Waals surface area (Å²) in [4.78, 5) is 20.2. The molecule has 4 N–H and O–H groups in total. The molecule has 1 atom stereocenters. The first-order chi connectivity index (χ1) is 16.6. The van der Waals surface area contributed by atoms with Crippen LogP contribution in [0.1, 0.15) is 21.6 Å². The molecule has 3 heterocycles. The number of aliphatic hydroxyl groups is 1. The fourth-order valence-electron chi connectivity index (χ4n) is 4.21. The van der Waals surface area contributed by atoms with Crippen molar-refractivity contribution in [3.8, 4) is 17.0 Å². The van der Waals surface area contributed by atoms with Crippen LogP contribution in [-0.2, 0) is 0 Å². The summed E-state index contributed by atoms with van der Waals surface area (Å²) in [5.74, 6) is -0.0219. The number of phenolic OH excluding ortho intramolecular Hbond substituents is 1. The van der Waals surface area contributed by atoms with Gasteiger partial charge in [0.2, 0.25) is 0 Å². The van der Waals surface area contributed by atoms with Crippen molar-refractivity contribution in [3.63, 3.8) is 0 Å². The van der Waals surface area contributed by atoms with E-state index in [1.165, 1.54) is 0 Å². The Morgan fingerprint density at radius 3 is 2.68 bits per heavy atom. The number of nitrogens with one attached hydrogen (secondary N) is 2. The first kappa shape index (κ1) is 21.8. The Hall–Kier alpha value is -4.01. The highest BCUT2D eigenvalue weighted by molar-refractivity contribution is 6.09. The smallest absolute Gasteiger partial charge is 0.255 e. The highest BCUT2D eigenvalue weighted by atomic mass is 16.3. The lowest BCUT2D eigenvalue weighted by Crippen LogP contribution is -2.55. The molecule has 1 aliphatic heterocycles. The van der Waals surface area contributed by atoms with Crippen LogP contribution < -0.4 is 5.32 Å². The largest absolute Gasteiger partial charge is 0.508 e. The van der Waals surface area contributed by atoms with E-state index in [9.17, 15) is 15.0 Å². The average molecular weight is 456 g/mol. The zero-order valence-corrected chi connectivity index (χ0v) is 18.5. The fraction of sp³-hybridized carbons (Fsp3) is 0.192. The van der Waals surface area contributed by atoms with Crippen molar-refractivity contribution in [2.45, 2.75) is 6.04 Å². The normalized spacial score (nSPS) is 16.4. The summed E-state index contributed by atoms with van der Waals surface area (Å²) < 4.78 is 0. The van der Waals surface area contributed by atoms with E-state index >= 15 is 0 Å². The second-order valence-electron chi connectivity index (χ2n) is 8.22. The van der Waals surface area contributed by atoms with Gasteiger partial charge in [-0.2, -0.15) is 5.10 Å². The summed E-state index contributed by atoms with van der Waals surface area (Å²) in [6.45, 7) is 1.57. The molecule has 172 valence electrons. The van der Waals surface area contributed by atoms with Crippen molar-refractivity contribution >= 4 is 29.1 Å². The van der Waals surface area contributed by atoms with Crippen LogP contribution in [0.4, 0.5) is 0 Å². The number of H-pyrrole nitrogens is 1. The van der Waals surface area contributed by atoms with Crippen molar-refractivity contribution in [3.05, 3.63) is 77.5 Å². The van der Waals surface area contributed by atoms with Gasteiger partial charge in [-0.3, -0.25) is 9.89 Å². The molecule has 1 amide bonds. The third-order valence-electron chi connectivity index (χ3n) is 6.01. The van der Waals surface area contributed by atoms with Gasteiger partial charge in [0, 0.05) is 25.2 Å². The molecule has 4 aromatic rings. The molecule has 0 spiro atoms. The van der Waals surface area contributed by atoms with Crippen LogP contribution in [0.3, 0.4) is 0 Å². The van der Waals surface area contributed by atoms with Crippen LogP contribution >= 0.6 is 0 Å². The van der Waals surface area contributed by atoms with E-state index < -0.39 is 0 Å². The van der Waals surface area contributed by atoms with Gasteiger partial charge in [0.05, 0.1) is 35.0 Å². The number of aromatic nitrogens is 3. The number of carbonyl (C=O) groups is 1. The molecule has 1 fully saturated rings. The SMILES string of the molecule is O=C(c1cc(-c2ccc(O)cc2)nc2[nH]nc(/C=C/c3ccccc3)c12)N1CCNC[C@@H]1CO. The molecule has 8 heteroatoms. The van der Waals surface area contributed by atoms with Gasteiger partial charge in [-0.15, -0.1) is 0 Å². The number of phenols is 1. The maximum absolute atomic E-state index is 13.8. The Labute approximate surface area is 196 Å². The average Bonchev–Trinajstić information content (AvgIpc) is 3.30. The number of aliphatic hydroxyl groups excluding tert-OH is 1. The van der Waals surface area contributed by atoms with Crippen molar-refractivity contribution in [1.29, 1.82) is 0 Å². The molecule has 2 aromatic heterocycles. The minimum absolute atomic E-state index is 0.121. The van der Waals surface area contributed by atoms with E-state index in [2.05, 4.69) is 15.5 Å². The van der Waals surface area contributed by atoms with E-state index in [-0.39, 0.29) is 24.3 Å². The number of nitrogens with zero attached hydrogens (tertiary/aromatic N) is 3. The number of piperazine rings is 1. The number of carbonyl (C=O) groups excluding carboxylic acids is 1. The lowest BCUT2D eigenvalue weighted by Gasteiger charge is -2.35. The van der Waals surface area contributed by atoms with E-state index in [1.54, 1.807) is 35.2 Å². The summed E-state index contributed by atoms with van der Waals surface area (Å²) in [6, 6.07) is 18.0. The number of aromatic hydroxyl groups is 1. The molecule has 0 radical (unpaired) electrons. The standard InChI is InChI=1S/C26H25N5O3/c32-16-19-15-27-12-13-31(19)26(34)21-14-23(18-7-9-20(33)10-8-18)28-25-24(21)22(29-30-25)11-6-17-4-2-1-3-5-17/h1-11,14,19,27,32-33H,12-13,15-16H2,(H,28,29,30)/b11-6+/t19-/m1/s1. The molecule has 0 aliphatic carbocycles. The van der Waals surface area contributed by atoms with Crippen LogP contribution in [0.2, 0.25) is 0 Å². The van der Waals surface area contributed by atoms with Gasteiger partial charge in [-0.1, -0.05) is 36.4 Å². The molecule has 0 bridgehead atoms. The van der Waals surface area contributed by atoms with Gasteiger partial charge in [0.1, 0.15) is 5.75 Å². The number of aromatic amines is 1. The monoisotopic (exact) mass is 455 g/mol. The van der Waals surface area contributed by atoms with E-state index in [0.29, 0.717) is 47.6 Å². The Bertz CT molecular complexity index is 1330. The van der Waals surface area contributed by atoms with Gasteiger partial charge >= 0.3 is 0 Å². The van der Waals surface area contributed by atoms with Crippen molar-refractivity contribution in [2.75, 3.05) is 26.2 Å². The van der Waals surface area contributed by atoms with Crippen LogP contribution in [-0.4, -0.2) is 68.5 Å². The topological polar surface area (TPSA) is 114 Å². The quantitative estimate of drug-likeness (QED) is 0.368. The van der Waals surface area contributed by atoms with Gasteiger partial charge in [-0.25, -0.2) is 4.98 Å². The lowest BCUT2D eigenvalue weighted by atomic mass is 10.0. The number of benzene rings is 2. The molecule has 1 aliphatic rings. The van der Waals surface area contributed by atoms with Crippen molar-refractivity contribution in [1.82, 2.24) is 25.4 Å². The molecule has 2 aromatic carbocycles. The molecular formula is C26H25N5O3. The highest BCUT2D eigenvalue weighted by Gasteiger charge is 2.29. The zero-order valence-electron chi connectivity index (χ0n) is 18.5. The summed E-state index contributed by atoms with van der Waals surface area (Å²) in [6.07, 6.45) is 3.81. The maximum Gasteiger partial charge on any atom is 0.255 e. The highest BCUT2D eigenvalue weighted by Crippen LogP contribution is 2.29. The predicted octanol–water partition coefficient (Wildman–Crippen LogP) is 2.91. The number of amides is 1. The Morgan fingerprint density at radius 2 is 1.91 bits per heavy atom. The third kappa shape index (κ3) is 4.28. The fourth-order valence-corrected chi connectivity index (χ4v) is 4.21. The van der Waals surface area contributed by atoms with Gasteiger partial charge < -0.3 is 20.4 Å². The molecule has 0 unspecified atom stereocenters. The maximum atomic E-state index is 13.8. The predicted molar refractivity (Wildman–Crippen MR) is 131 cm³/mol. The van der Waals surface area contributed by atoms with E-state index in [0.717, 1.165) is 11.1 Å². The van der Waals surface area contributed by atoms with E-state index in [1.807, 2.05) is 42.5 Å². The van der Waals surface area contributed by atoms with Crippen LogP contribution in [0.15, 0.2) is 60.7 Å². The van der Waals surface area contributed by atoms with Crippen molar-refractivity contribution in [2.24, 2.45) is 0 Å². The Balaban J connectivity index is 1.64. The van der Waals surface area contributed by atoms with Crippen LogP contribution in [0, 0.1) is 0 Å². The van der Waals surface area contributed by atoms with Crippen molar-refractivity contribution < 1.29 is 15.0 Å². The summed E-state index contributed by atoms with van der Waals surface area (Å²) in [5.41, 5.74) is 3.95. The number of fused-ring (bicyclic) bond motifs is 1. The molecule has 34 heavy (non-hydrogen) atoms. The van der Waals surface area contributed by atoms with Crippen LogP contribution in [0.5, 0.6) is 5.75 Å². The zero-order chi connectivity index (χ0) is 23.5. The second-order valence-corrected chi connectivity index (χ2v) is 8.22.